The van der Waals surface area contributed by atoms with Gasteiger partial charge in [-0.25, -0.2) is 0 Å². The van der Waals surface area contributed by atoms with Crippen molar-refractivity contribution in [3.8, 4) is 0 Å². The molecule has 1 nitrogen and oxygen atoms in total. The van der Waals surface area contributed by atoms with E-state index >= 15 is 0 Å². The molecule has 0 saturated heterocycles. The van der Waals surface area contributed by atoms with Gasteiger partial charge in [0.05, 0.1) is 10.0 Å². The molecule has 0 fully saturated rings. The molecule has 0 rings (SSSR count). The largest absolute Gasteiger partial charge is 0.376 e. The molecule has 0 aliphatic rings. The molecule has 0 aliphatic heterocycles. The molecule has 0 aromatic heterocycles. The Labute approximate surface area is 98.3 Å². The first-order valence-corrected chi connectivity index (χ1v) is 6.45. The highest BCUT2D eigenvalue weighted by Gasteiger charge is 2.16. The van der Waals surface area contributed by atoms with Gasteiger partial charge < -0.3 is 4.74 Å². The van der Waals surface area contributed by atoms with Crippen molar-refractivity contribution < 1.29 is 4.74 Å². The Morgan fingerprint density at radius 1 is 1.33 bits per heavy atom. The van der Waals surface area contributed by atoms with E-state index in [1.807, 2.05) is 0 Å². The molecule has 2 unspecified atom stereocenters. The lowest BCUT2D eigenvalue weighted by Gasteiger charge is -2.18. The van der Waals surface area contributed by atoms with Crippen LogP contribution >= 0.6 is 45.8 Å². The van der Waals surface area contributed by atoms with E-state index in [2.05, 4.69) is 29.5 Å². The second-order valence-corrected chi connectivity index (χ2v) is 4.80. The first-order chi connectivity index (χ1) is 5.76. The standard InChI is InChI=1S/C8H15Cl2IO/c1-2-3-4-12-8(6-10)7(11)5-9/h7-8H,2-6H2,1H3. The maximum absolute atomic E-state index is 5.73. The number of rotatable bonds is 7. The van der Waals surface area contributed by atoms with Crippen molar-refractivity contribution in [3.05, 3.63) is 0 Å². The lowest BCUT2D eigenvalue weighted by Crippen LogP contribution is -2.27. The summed E-state index contributed by atoms with van der Waals surface area (Å²) in [5.41, 5.74) is 0. The predicted octanol–water partition coefficient (Wildman–Crippen LogP) is 3.45. The average Bonchev–Trinajstić information content (AvgIpc) is 2.11. The van der Waals surface area contributed by atoms with Gasteiger partial charge in [0.25, 0.3) is 0 Å². The minimum atomic E-state index is 0.108. The maximum atomic E-state index is 5.73. The minimum Gasteiger partial charge on any atom is -0.376 e. The van der Waals surface area contributed by atoms with Crippen LogP contribution in [-0.2, 0) is 4.74 Å². The zero-order chi connectivity index (χ0) is 9.40. The van der Waals surface area contributed by atoms with Crippen molar-refractivity contribution >= 4 is 45.8 Å². The Hall–Kier alpha value is 1.27. The van der Waals surface area contributed by atoms with Crippen LogP contribution in [-0.4, -0.2) is 28.4 Å². The summed E-state index contributed by atoms with van der Waals surface area (Å²) in [6.45, 7) is 2.94. The third kappa shape index (κ3) is 5.84. The quantitative estimate of drug-likeness (QED) is 0.396. The summed E-state index contributed by atoms with van der Waals surface area (Å²) in [5.74, 6) is 1.13. The van der Waals surface area contributed by atoms with Crippen LogP contribution in [0.15, 0.2) is 0 Å². The van der Waals surface area contributed by atoms with Crippen molar-refractivity contribution in [2.45, 2.75) is 29.8 Å². The second-order valence-electron chi connectivity index (χ2n) is 2.59. The topological polar surface area (TPSA) is 9.23 Å². The van der Waals surface area contributed by atoms with E-state index in [4.69, 9.17) is 27.9 Å². The molecule has 0 bridgehead atoms. The monoisotopic (exact) mass is 324 g/mol. The first kappa shape index (κ1) is 13.3. The molecule has 0 heterocycles. The molecular weight excluding hydrogens is 310 g/mol. The van der Waals surface area contributed by atoms with Crippen LogP contribution in [0, 0.1) is 0 Å². The van der Waals surface area contributed by atoms with Gasteiger partial charge in [0.2, 0.25) is 0 Å². The SMILES string of the molecule is CCCCOC(CCl)C(I)CCl. The highest BCUT2D eigenvalue weighted by atomic mass is 127. The van der Waals surface area contributed by atoms with E-state index in [-0.39, 0.29) is 6.10 Å². The maximum Gasteiger partial charge on any atom is 0.0839 e. The summed E-state index contributed by atoms with van der Waals surface area (Å²) in [6.07, 6.45) is 2.36. The first-order valence-electron chi connectivity index (χ1n) is 4.13. The summed E-state index contributed by atoms with van der Waals surface area (Å²) in [7, 11) is 0. The van der Waals surface area contributed by atoms with Gasteiger partial charge in [-0.05, 0) is 6.42 Å². The van der Waals surface area contributed by atoms with E-state index in [9.17, 15) is 0 Å². The van der Waals surface area contributed by atoms with Gasteiger partial charge in [0.1, 0.15) is 0 Å². The van der Waals surface area contributed by atoms with E-state index in [0.29, 0.717) is 15.7 Å². The van der Waals surface area contributed by atoms with E-state index in [0.717, 1.165) is 19.4 Å². The number of hydrogen-bond donors (Lipinski definition) is 0. The van der Waals surface area contributed by atoms with Crippen molar-refractivity contribution in [3.63, 3.8) is 0 Å². The summed E-state index contributed by atoms with van der Waals surface area (Å²) in [5, 5.41) is 0. The Bertz CT molecular complexity index is 103. The smallest absolute Gasteiger partial charge is 0.0839 e. The summed E-state index contributed by atoms with van der Waals surface area (Å²) in [4.78, 5) is 0. The molecular formula is C8H15Cl2IO. The van der Waals surface area contributed by atoms with Crippen LogP contribution in [0.3, 0.4) is 0 Å². The third-order valence-electron chi connectivity index (χ3n) is 1.53. The molecule has 12 heavy (non-hydrogen) atoms. The Balaban J connectivity index is 3.52. The number of hydrogen-bond acceptors (Lipinski definition) is 1. The lowest BCUT2D eigenvalue weighted by atomic mass is 10.3. The molecule has 0 radical (unpaired) electrons. The van der Waals surface area contributed by atoms with Crippen molar-refractivity contribution in [1.82, 2.24) is 0 Å². The Morgan fingerprint density at radius 2 is 2.00 bits per heavy atom. The summed E-state index contributed by atoms with van der Waals surface area (Å²) < 4.78 is 5.88. The zero-order valence-corrected chi connectivity index (χ0v) is 10.9. The number of unbranched alkanes of at least 4 members (excludes halogenated alkanes) is 1. The molecule has 74 valence electrons. The molecule has 0 aliphatic carbocycles. The van der Waals surface area contributed by atoms with Crippen LogP contribution in [0.5, 0.6) is 0 Å². The fourth-order valence-electron chi connectivity index (χ4n) is 0.724. The Morgan fingerprint density at radius 3 is 2.42 bits per heavy atom. The van der Waals surface area contributed by atoms with E-state index in [1.165, 1.54) is 0 Å². The lowest BCUT2D eigenvalue weighted by molar-refractivity contribution is 0.0708. The summed E-state index contributed by atoms with van der Waals surface area (Å²) >= 11 is 13.7. The number of ether oxygens (including phenoxy) is 1. The van der Waals surface area contributed by atoms with Gasteiger partial charge in [-0.2, -0.15) is 0 Å². The fourth-order valence-corrected chi connectivity index (χ4v) is 1.99. The van der Waals surface area contributed by atoms with E-state index < -0.39 is 0 Å². The molecule has 0 aromatic carbocycles. The van der Waals surface area contributed by atoms with Crippen molar-refractivity contribution in [2.75, 3.05) is 18.4 Å². The van der Waals surface area contributed by atoms with Crippen LogP contribution in [0.2, 0.25) is 0 Å². The van der Waals surface area contributed by atoms with Gasteiger partial charge >= 0.3 is 0 Å². The highest BCUT2D eigenvalue weighted by molar-refractivity contribution is 14.1. The molecule has 0 aromatic rings. The third-order valence-corrected chi connectivity index (χ3v) is 3.93. The van der Waals surface area contributed by atoms with Crippen LogP contribution in [0.4, 0.5) is 0 Å². The van der Waals surface area contributed by atoms with Gasteiger partial charge in [-0.3, -0.25) is 0 Å². The predicted molar refractivity (Wildman–Crippen MR) is 63.9 cm³/mol. The minimum absolute atomic E-state index is 0.108. The Kier molecular flexibility index (Phi) is 9.79. The van der Waals surface area contributed by atoms with Crippen molar-refractivity contribution in [1.29, 1.82) is 0 Å². The molecule has 0 saturated carbocycles. The highest BCUT2D eigenvalue weighted by Crippen LogP contribution is 2.14. The van der Waals surface area contributed by atoms with Gasteiger partial charge in [0, 0.05) is 18.4 Å². The van der Waals surface area contributed by atoms with Crippen LogP contribution < -0.4 is 0 Å². The number of halogens is 3. The zero-order valence-electron chi connectivity index (χ0n) is 7.23. The average molecular weight is 325 g/mol. The normalized spacial score (nSPS) is 16.0. The number of alkyl halides is 3. The molecule has 0 N–H and O–H groups in total. The second kappa shape index (κ2) is 8.85. The van der Waals surface area contributed by atoms with Crippen molar-refractivity contribution in [2.24, 2.45) is 0 Å². The van der Waals surface area contributed by atoms with Crippen LogP contribution in [0.25, 0.3) is 0 Å². The fraction of sp³-hybridized carbons (Fsp3) is 1.00. The molecule has 0 amide bonds. The van der Waals surface area contributed by atoms with Crippen LogP contribution in [0.1, 0.15) is 19.8 Å². The molecule has 2 atom stereocenters. The summed E-state index contributed by atoms with van der Waals surface area (Å²) in [6, 6.07) is 0. The van der Waals surface area contributed by atoms with E-state index in [1.54, 1.807) is 0 Å². The molecule has 4 heteroatoms. The molecule has 0 spiro atoms. The van der Waals surface area contributed by atoms with Gasteiger partial charge in [-0.15, -0.1) is 23.2 Å². The van der Waals surface area contributed by atoms with Gasteiger partial charge in [-0.1, -0.05) is 35.9 Å². The van der Waals surface area contributed by atoms with Gasteiger partial charge in [0.15, 0.2) is 0 Å².